The van der Waals surface area contributed by atoms with Crippen molar-refractivity contribution in [2.75, 3.05) is 19.1 Å². The van der Waals surface area contributed by atoms with Gasteiger partial charge < -0.3 is 9.47 Å². The van der Waals surface area contributed by atoms with Crippen LogP contribution >= 0.6 is 51.3 Å². The van der Waals surface area contributed by atoms with Crippen molar-refractivity contribution >= 4 is 80.0 Å². The molecular formula is C19H13BrCl2N2O4S. The zero-order chi connectivity index (χ0) is 21.3. The fourth-order valence-corrected chi connectivity index (χ4v) is 4.12. The van der Waals surface area contributed by atoms with Crippen molar-refractivity contribution in [2.24, 2.45) is 0 Å². The van der Waals surface area contributed by atoms with E-state index in [-0.39, 0.29) is 15.7 Å². The molecule has 0 bridgehead atoms. The van der Waals surface area contributed by atoms with Crippen LogP contribution in [0.4, 0.5) is 5.69 Å². The lowest BCUT2D eigenvalue weighted by Gasteiger charge is -2.29. The highest BCUT2D eigenvalue weighted by Gasteiger charge is 2.35. The fourth-order valence-electron chi connectivity index (χ4n) is 2.73. The van der Waals surface area contributed by atoms with Gasteiger partial charge in [-0.15, -0.1) is 0 Å². The molecule has 1 heterocycles. The second-order valence-electron chi connectivity index (χ2n) is 5.79. The van der Waals surface area contributed by atoms with E-state index in [4.69, 9.17) is 44.9 Å². The van der Waals surface area contributed by atoms with Crippen molar-refractivity contribution in [3.05, 3.63) is 56.0 Å². The second kappa shape index (κ2) is 8.71. The first-order valence-electron chi connectivity index (χ1n) is 8.04. The Balaban J connectivity index is 2.07. The predicted molar refractivity (Wildman–Crippen MR) is 120 cm³/mol. The molecule has 1 aliphatic heterocycles. The van der Waals surface area contributed by atoms with E-state index in [2.05, 4.69) is 21.2 Å². The van der Waals surface area contributed by atoms with Crippen LogP contribution in [0.2, 0.25) is 10.0 Å². The first-order chi connectivity index (χ1) is 13.8. The van der Waals surface area contributed by atoms with Crippen molar-refractivity contribution in [1.29, 1.82) is 0 Å². The Bertz CT molecular complexity index is 1070. The molecule has 1 aliphatic rings. The van der Waals surface area contributed by atoms with Crippen LogP contribution in [-0.2, 0) is 9.59 Å². The number of ether oxygens (including phenoxy) is 2. The van der Waals surface area contributed by atoms with Crippen LogP contribution in [0, 0.1) is 0 Å². The number of benzene rings is 2. The van der Waals surface area contributed by atoms with Gasteiger partial charge in [-0.1, -0.05) is 23.2 Å². The largest absolute Gasteiger partial charge is 0.493 e. The van der Waals surface area contributed by atoms with Gasteiger partial charge in [0.15, 0.2) is 16.6 Å². The van der Waals surface area contributed by atoms with E-state index in [1.807, 2.05) is 0 Å². The average molecular weight is 516 g/mol. The van der Waals surface area contributed by atoms with Gasteiger partial charge in [-0.2, -0.15) is 0 Å². The molecule has 2 aromatic rings. The zero-order valence-corrected chi connectivity index (χ0v) is 19.0. The number of amides is 2. The van der Waals surface area contributed by atoms with Crippen molar-refractivity contribution in [2.45, 2.75) is 0 Å². The van der Waals surface area contributed by atoms with E-state index in [1.54, 1.807) is 24.3 Å². The molecule has 0 spiro atoms. The molecule has 6 nitrogen and oxygen atoms in total. The Morgan fingerprint density at radius 3 is 2.48 bits per heavy atom. The van der Waals surface area contributed by atoms with Crippen LogP contribution in [0.5, 0.6) is 11.5 Å². The first-order valence-corrected chi connectivity index (χ1v) is 10.0. The number of carbonyl (C=O) groups is 2. The lowest BCUT2D eigenvalue weighted by molar-refractivity contribution is -0.122. The third-order valence-corrected chi connectivity index (χ3v) is 5.43. The van der Waals surface area contributed by atoms with Gasteiger partial charge >= 0.3 is 0 Å². The van der Waals surface area contributed by atoms with E-state index in [0.29, 0.717) is 32.2 Å². The highest BCUT2D eigenvalue weighted by atomic mass is 79.9. The third-order valence-electron chi connectivity index (χ3n) is 4.02. The minimum absolute atomic E-state index is 0.0742. The van der Waals surface area contributed by atoms with E-state index in [1.165, 1.54) is 26.4 Å². The molecule has 0 aromatic heterocycles. The molecule has 2 aromatic carbocycles. The molecule has 2 amide bonds. The molecule has 1 saturated heterocycles. The number of hydrogen-bond acceptors (Lipinski definition) is 5. The summed E-state index contributed by atoms with van der Waals surface area (Å²) in [4.78, 5) is 26.7. The number of thiocarbonyl (C=S) groups is 1. The summed E-state index contributed by atoms with van der Waals surface area (Å²) in [6, 6.07) is 7.95. The topological polar surface area (TPSA) is 67.9 Å². The quantitative estimate of drug-likeness (QED) is 0.366. The van der Waals surface area contributed by atoms with Crippen molar-refractivity contribution in [1.82, 2.24) is 5.32 Å². The summed E-state index contributed by atoms with van der Waals surface area (Å²) >= 11 is 20.7. The summed E-state index contributed by atoms with van der Waals surface area (Å²) in [6.45, 7) is 0. The number of anilines is 1. The fraction of sp³-hybridized carbons (Fsp3) is 0.105. The van der Waals surface area contributed by atoms with Gasteiger partial charge in [0.05, 0.1) is 29.4 Å². The maximum Gasteiger partial charge on any atom is 0.270 e. The number of nitrogens with one attached hydrogen (secondary N) is 1. The van der Waals surface area contributed by atoms with Crippen molar-refractivity contribution < 1.29 is 19.1 Å². The van der Waals surface area contributed by atoms with Crippen LogP contribution in [0.25, 0.3) is 6.08 Å². The molecular weight excluding hydrogens is 503 g/mol. The van der Waals surface area contributed by atoms with Crippen molar-refractivity contribution in [3.63, 3.8) is 0 Å². The molecule has 150 valence electrons. The Morgan fingerprint density at radius 2 is 1.86 bits per heavy atom. The smallest absolute Gasteiger partial charge is 0.270 e. The SMILES string of the molecule is COc1cc(/C=C2/C(=O)NC(=S)N(c3ccc(Cl)cc3Cl)C2=O)cc(Br)c1OC. The molecule has 0 atom stereocenters. The monoisotopic (exact) mass is 514 g/mol. The Hall–Kier alpha value is -2.13. The molecule has 0 radical (unpaired) electrons. The van der Waals surface area contributed by atoms with Gasteiger partial charge in [0.1, 0.15) is 5.57 Å². The number of halogens is 3. The lowest BCUT2D eigenvalue weighted by atomic mass is 10.1. The summed E-state index contributed by atoms with van der Waals surface area (Å²) in [5.74, 6) is -0.309. The van der Waals surface area contributed by atoms with Gasteiger partial charge in [0.2, 0.25) is 0 Å². The molecule has 0 aliphatic carbocycles. The molecule has 29 heavy (non-hydrogen) atoms. The molecule has 3 rings (SSSR count). The van der Waals surface area contributed by atoms with Crippen LogP contribution in [0.3, 0.4) is 0 Å². The second-order valence-corrected chi connectivity index (χ2v) is 7.88. The van der Waals surface area contributed by atoms with E-state index >= 15 is 0 Å². The van der Waals surface area contributed by atoms with Crippen LogP contribution < -0.4 is 19.7 Å². The summed E-state index contributed by atoms with van der Waals surface area (Å²) in [6.07, 6.45) is 1.43. The minimum atomic E-state index is -0.618. The van der Waals surface area contributed by atoms with Gasteiger partial charge in [-0.05, 0) is 70.1 Å². The van der Waals surface area contributed by atoms with E-state index < -0.39 is 11.8 Å². The maximum absolute atomic E-state index is 13.1. The normalized spacial score (nSPS) is 15.6. The standard InChI is InChI=1S/C19H13BrCl2N2O4S/c1-27-15-7-9(6-12(20)16(15)28-2)5-11-17(25)23-19(29)24(18(11)26)14-4-3-10(21)8-13(14)22/h3-8H,1-2H3,(H,23,25,29)/b11-5-. The van der Waals surface area contributed by atoms with Gasteiger partial charge in [-0.25, -0.2) is 0 Å². The molecule has 1 N–H and O–H groups in total. The van der Waals surface area contributed by atoms with Crippen LogP contribution in [0.1, 0.15) is 5.56 Å². The average Bonchev–Trinajstić information content (AvgIpc) is 2.66. The summed E-state index contributed by atoms with van der Waals surface area (Å²) < 4.78 is 11.2. The number of carbonyl (C=O) groups excluding carboxylic acids is 2. The first kappa shape index (κ1) is 21.6. The molecule has 0 saturated carbocycles. The Labute approximate surface area is 190 Å². The maximum atomic E-state index is 13.1. The minimum Gasteiger partial charge on any atom is -0.493 e. The third kappa shape index (κ3) is 4.25. The number of methoxy groups -OCH3 is 2. The van der Waals surface area contributed by atoms with Crippen molar-refractivity contribution in [3.8, 4) is 11.5 Å². The van der Waals surface area contributed by atoms with E-state index in [9.17, 15) is 9.59 Å². The van der Waals surface area contributed by atoms with Crippen LogP contribution in [0.15, 0.2) is 40.4 Å². The van der Waals surface area contributed by atoms with Gasteiger partial charge in [0, 0.05) is 5.02 Å². The zero-order valence-electron chi connectivity index (χ0n) is 15.1. The Morgan fingerprint density at radius 1 is 1.14 bits per heavy atom. The van der Waals surface area contributed by atoms with Gasteiger partial charge in [-0.3, -0.25) is 19.8 Å². The van der Waals surface area contributed by atoms with Crippen LogP contribution in [-0.4, -0.2) is 31.1 Å². The molecule has 1 fully saturated rings. The summed E-state index contributed by atoms with van der Waals surface area (Å²) in [5, 5.41) is 3.06. The molecule has 10 heteroatoms. The lowest BCUT2D eigenvalue weighted by Crippen LogP contribution is -2.54. The Kier molecular flexibility index (Phi) is 6.48. The highest BCUT2D eigenvalue weighted by Crippen LogP contribution is 2.37. The molecule has 0 unspecified atom stereocenters. The number of rotatable bonds is 4. The van der Waals surface area contributed by atoms with Gasteiger partial charge in [0.25, 0.3) is 11.8 Å². The summed E-state index contributed by atoms with van der Waals surface area (Å²) in [7, 11) is 3.00. The number of nitrogens with zero attached hydrogens (tertiary/aromatic N) is 1. The number of hydrogen-bond donors (Lipinski definition) is 1. The predicted octanol–water partition coefficient (Wildman–Crippen LogP) is 4.60. The van der Waals surface area contributed by atoms with E-state index in [0.717, 1.165) is 4.90 Å². The highest BCUT2D eigenvalue weighted by molar-refractivity contribution is 9.10. The summed E-state index contributed by atoms with van der Waals surface area (Å²) in [5.41, 5.74) is 0.734.